The van der Waals surface area contributed by atoms with Crippen LogP contribution in [0.15, 0.2) is 497 Å². The third-order valence-corrected chi connectivity index (χ3v) is 29.9. The first-order valence-electron chi connectivity index (χ1n) is 48.8. The zero-order valence-corrected chi connectivity index (χ0v) is 79.6. The Morgan fingerprint density at radius 3 is 0.836 bits per heavy atom. The van der Waals surface area contributed by atoms with Crippen molar-refractivity contribution in [2.75, 3.05) is 21.8 Å². The lowest BCUT2D eigenvalue weighted by atomic mass is 9.82. The van der Waals surface area contributed by atoms with E-state index in [1.807, 2.05) is 12.1 Å². The van der Waals surface area contributed by atoms with Gasteiger partial charge in [0.1, 0.15) is 5.75 Å². The van der Waals surface area contributed by atoms with Gasteiger partial charge in [-0.15, -0.1) is 0 Å². The van der Waals surface area contributed by atoms with Gasteiger partial charge in [0.05, 0.1) is 29.9 Å². The molecule has 0 aromatic heterocycles. The molecule has 0 fully saturated rings. The minimum atomic E-state index is -0.117. The third-order valence-electron chi connectivity index (χ3n) is 29.9. The molecule has 3 aliphatic carbocycles. The predicted octanol–water partition coefficient (Wildman–Crippen LogP) is 37.7. The number of fused-ring (bicyclic) bond motifs is 15. The first-order chi connectivity index (χ1) is 68.7. The molecule has 0 atom stereocenters. The van der Waals surface area contributed by atoms with Crippen LogP contribution in [0, 0.1) is 0 Å². The summed E-state index contributed by atoms with van der Waals surface area (Å²) in [5.74, 6) is 0.840. The molecule has 4 nitrogen and oxygen atoms in total. The van der Waals surface area contributed by atoms with Gasteiger partial charge in [0.15, 0.2) is 0 Å². The molecular formula is C136H103N3O. The van der Waals surface area contributed by atoms with Crippen LogP contribution in [-0.4, -0.2) is 7.11 Å². The maximum atomic E-state index is 5.56. The number of hydrogen-bond acceptors (Lipinski definition) is 4. The van der Waals surface area contributed by atoms with E-state index in [-0.39, 0.29) is 16.2 Å². The van der Waals surface area contributed by atoms with Crippen LogP contribution in [-0.2, 0) is 16.2 Å². The maximum Gasteiger partial charge on any atom is 0.119 e. The van der Waals surface area contributed by atoms with Crippen molar-refractivity contribution in [2.24, 2.45) is 0 Å². The van der Waals surface area contributed by atoms with Gasteiger partial charge in [0, 0.05) is 66.9 Å². The van der Waals surface area contributed by atoms with Crippen molar-refractivity contribution in [3.05, 3.63) is 531 Å². The van der Waals surface area contributed by atoms with Gasteiger partial charge in [-0.05, 0) is 262 Å². The first kappa shape index (κ1) is 85.7. The summed E-state index contributed by atoms with van der Waals surface area (Å²) in [7, 11) is 1.72. The van der Waals surface area contributed by atoms with E-state index < -0.39 is 0 Å². The summed E-state index contributed by atoms with van der Waals surface area (Å²) in [6.45, 7) is 14.1. The Morgan fingerprint density at radius 2 is 0.436 bits per heavy atom. The molecule has 0 unspecified atom stereocenters. The lowest BCUT2D eigenvalue weighted by Gasteiger charge is -2.32. The molecule has 668 valence electrons. The largest absolute Gasteiger partial charge is 0.497 e. The van der Waals surface area contributed by atoms with Gasteiger partial charge in [0.2, 0.25) is 0 Å². The molecule has 0 saturated carbocycles. The zero-order valence-electron chi connectivity index (χ0n) is 79.6. The molecule has 23 aromatic carbocycles. The molecule has 0 saturated heterocycles. The molecule has 140 heavy (non-hydrogen) atoms. The molecular weight excluding hydrogens is 1690 g/mol. The van der Waals surface area contributed by atoms with E-state index in [1.165, 1.54) is 187 Å². The van der Waals surface area contributed by atoms with Crippen molar-refractivity contribution in [3.63, 3.8) is 0 Å². The highest BCUT2D eigenvalue weighted by Gasteiger charge is 2.40. The fourth-order valence-electron chi connectivity index (χ4n) is 23.0. The number of ether oxygens (including phenoxy) is 1. The van der Waals surface area contributed by atoms with E-state index in [4.69, 9.17) is 4.74 Å². The van der Waals surface area contributed by atoms with Crippen LogP contribution < -0.4 is 19.4 Å². The van der Waals surface area contributed by atoms with Crippen LogP contribution >= 0.6 is 0 Å². The quantitative estimate of drug-likeness (QED) is 0.102. The van der Waals surface area contributed by atoms with E-state index in [9.17, 15) is 0 Å². The molecule has 0 heterocycles. The summed E-state index contributed by atoms with van der Waals surface area (Å²) in [4.78, 5) is 7.41. The molecule has 4 heteroatoms. The Bertz CT molecular complexity index is 8770. The second-order valence-electron chi connectivity index (χ2n) is 38.8. The fraction of sp³-hybridized carbons (Fsp3) is 0.0735. The Balaban J connectivity index is 0.000000114. The Labute approximate surface area is 819 Å². The minimum absolute atomic E-state index is 0.102. The molecule has 0 aliphatic heterocycles. The van der Waals surface area contributed by atoms with Crippen molar-refractivity contribution >= 4 is 116 Å². The SMILES string of the molecule is CC1(C)c2ccccc2-c2ccc(N(c3cccc(-c4ccccc4)c3)c3ccc4ccccc4c3-c3cccc4ccccc34)cc21.CC1(C)c2ccccc2-c2ccc(N(c3ccccc3-c3ccccc3)c3ccc4ccccc4c3-c3cccc4ccccc34)cc21.COc1ccc(N(c2ccc3c(c2)C(C)(C)c2ccccc2-3)c2ccc3ccccc3c2-c2cccc3ccccc23)cc1. The van der Waals surface area contributed by atoms with Crippen molar-refractivity contribution in [1.82, 2.24) is 0 Å². The Hall–Kier alpha value is -17.2. The van der Waals surface area contributed by atoms with Crippen LogP contribution in [0.1, 0.15) is 74.9 Å². The predicted molar refractivity (Wildman–Crippen MR) is 595 cm³/mol. The smallest absolute Gasteiger partial charge is 0.119 e. The van der Waals surface area contributed by atoms with Gasteiger partial charge >= 0.3 is 0 Å². The highest BCUT2D eigenvalue weighted by Crippen LogP contribution is 2.58. The number of nitrogens with zero attached hydrogens (tertiary/aromatic N) is 3. The van der Waals surface area contributed by atoms with Gasteiger partial charge < -0.3 is 19.4 Å². The molecule has 3 aliphatic rings. The summed E-state index contributed by atoms with van der Waals surface area (Å²) in [6.07, 6.45) is 0. The van der Waals surface area contributed by atoms with Gasteiger partial charge in [-0.3, -0.25) is 0 Å². The molecule has 0 spiro atoms. The van der Waals surface area contributed by atoms with Crippen LogP contribution in [0.4, 0.5) is 51.2 Å². The van der Waals surface area contributed by atoms with E-state index in [0.717, 1.165) is 56.9 Å². The Morgan fingerprint density at radius 1 is 0.164 bits per heavy atom. The van der Waals surface area contributed by atoms with Crippen molar-refractivity contribution in [3.8, 4) is 94.8 Å². The van der Waals surface area contributed by atoms with Crippen LogP contribution in [0.5, 0.6) is 5.75 Å². The van der Waals surface area contributed by atoms with Crippen molar-refractivity contribution < 1.29 is 4.74 Å². The van der Waals surface area contributed by atoms with Gasteiger partial charge in [-0.1, -0.05) is 442 Å². The highest BCUT2D eigenvalue weighted by atomic mass is 16.5. The van der Waals surface area contributed by atoms with Crippen LogP contribution in [0.2, 0.25) is 0 Å². The van der Waals surface area contributed by atoms with Crippen molar-refractivity contribution in [2.45, 2.75) is 57.8 Å². The molecule has 0 amide bonds. The number of hydrogen-bond donors (Lipinski definition) is 0. The summed E-state index contributed by atoms with van der Waals surface area (Å²) in [5, 5.41) is 14.8. The highest BCUT2D eigenvalue weighted by molar-refractivity contribution is 6.16. The molecule has 23 aromatic rings. The molecule has 0 radical (unpaired) electrons. The topological polar surface area (TPSA) is 19.0 Å². The van der Waals surface area contributed by atoms with Gasteiger partial charge in [-0.25, -0.2) is 0 Å². The molecule has 0 N–H and O–H groups in total. The van der Waals surface area contributed by atoms with Gasteiger partial charge in [-0.2, -0.15) is 0 Å². The van der Waals surface area contributed by atoms with Crippen molar-refractivity contribution in [1.29, 1.82) is 0 Å². The number of rotatable bonds is 15. The average Bonchev–Trinajstić information content (AvgIpc) is 1.55. The second-order valence-corrected chi connectivity index (χ2v) is 38.8. The number of methoxy groups -OCH3 is 1. The van der Waals surface area contributed by atoms with E-state index in [1.54, 1.807) is 7.11 Å². The minimum Gasteiger partial charge on any atom is -0.497 e. The van der Waals surface area contributed by atoms with Gasteiger partial charge in [0.25, 0.3) is 0 Å². The zero-order chi connectivity index (χ0) is 94.3. The Kier molecular flexibility index (Phi) is 21.5. The van der Waals surface area contributed by atoms with E-state index >= 15 is 0 Å². The molecule has 26 rings (SSSR count). The van der Waals surface area contributed by atoms with Crippen LogP contribution in [0.25, 0.3) is 154 Å². The lowest BCUT2D eigenvalue weighted by Crippen LogP contribution is -2.17. The van der Waals surface area contributed by atoms with E-state index in [0.29, 0.717) is 0 Å². The fourth-order valence-corrected chi connectivity index (χ4v) is 23.0. The number of para-hydroxylation sites is 1. The summed E-state index contributed by atoms with van der Waals surface area (Å²) < 4.78 is 5.56. The normalized spacial score (nSPS) is 13.0. The summed E-state index contributed by atoms with van der Waals surface area (Å²) in [6, 6.07) is 182. The summed E-state index contributed by atoms with van der Waals surface area (Å²) >= 11 is 0. The monoisotopic (exact) mass is 1790 g/mol. The lowest BCUT2D eigenvalue weighted by molar-refractivity contribution is 0.415. The van der Waals surface area contributed by atoms with E-state index in [2.05, 4.69) is 542 Å². The second kappa shape index (κ2) is 35.2. The summed E-state index contributed by atoms with van der Waals surface area (Å²) in [5.41, 5.74) is 38.2. The maximum absolute atomic E-state index is 5.56. The average molecular weight is 1800 g/mol. The standard InChI is InChI=1S/2C47H35N.C42H33NO/c1-47(2)42-25-12-10-23-39(42)40-29-28-35(31-43(40)47)48(44-26-13-11-21-37(44)33-15-4-3-5-16-33)45-30-27-34-18-7-9-22-38(34)46(45)41-24-14-19-32-17-6-8-20-36(32)41;1-47(2)43-25-11-10-23-40(43)41-28-27-37(31-44(41)47)48(36-20-12-19-35(30-36)32-14-4-3-5-15-32)45-29-26-34-17-7-9-22-39(34)46(45)42-24-13-18-33-16-6-8-21-38(33)42;1-42(2)38-18-9-8-16-35(38)36-25-22-31(27-39(36)42)43(30-20-23-32(44-3)24-21-30)40-26-19-29-12-5-7-15-34(29)41(40)37-17-10-13-28-11-4-6-14-33(28)37/h2*3-31H,1-2H3;4-27H,1-3H3. The van der Waals surface area contributed by atoms with Crippen LogP contribution in [0.3, 0.4) is 0 Å². The molecule has 0 bridgehead atoms. The third kappa shape index (κ3) is 14.8. The first-order valence-corrected chi connectivity index (χ1v) is 48.8. The number of anilines is 9. The number of benzene rings is 23.